The molecule has 2 aromatic heterocycles. The number of aryl methyl sites for hydroxylation is 1. The molecule has 0 radical (unpaired) electrons. The van der Waals surface area contributed by atoms with E-state index >= 15 is 0 Å². The predicted molar refractivity (Wildman–Crippen MR) is 52.1 cm³/mol. The van der Waals surface area contributed by atoms with Crippen LogP contribution in [0.5, 0.6) is 0 Å². The van der Waals surface area contributed by atoms with Crippen LogP contribution < -0.4 is 5.56 Å². The fourth-order valence-electron chi connectivity index (χ4n) is 1.56. The highest BCUT2D eigenvalue weighted by atomic mass is 19.3. The van der Waals surface area contributed by atoms with E-state index < -0.39 is 17.5 Å². The van der Waals surface area contributed by atoms with Crippen molar-refractivity contribution in [1.82, 2.24) is 9.97 Å². The zero-order valence-corrected chi connectivity index (χ0v) is 7.92. The summed E-state index contributed by atoms with van der Waals surface area (Å²) >= 11 is 0. The molecule has 0 fully saturated rings. The maximum atomic E-state index is 12.6. The number of fused-ring (bicyclic) bond motifs is 1. The van der Waals surface area contributed by atoms with Crippen LogP contribution in [0.1, 0.15) is 17.6 Å². The lowest BCUT2D eigenvalue weighted by molar-refractivity contribution is 0.149. The van der Waals surface area contributed by atoms with Crippen molar-refractivity contribution in [2.75, 3.05) is 0 Å². The van der Waals surface area contributed by atoms with Gasteiger partial charge in [-0.05, 0) is 24.6 Å². The van der Waals surface area contributed by atoms with Crippen molar-refractivity contribution >= 4 is 11.0 Å². The van der Waals surface area contributed by atoms with Gasteiger partial charge in [0, 0.05) is 6.20 Å². The number of halogens is 2. The minimum absolute atomic E-state index is 0.240. The Morgan fingerprint density at radius 3 is 2.87 bits per heavy atom. The molecule has 0 aromatic carbocycles. The zero-order chi connectivity index (χ0) is 11.0. The average molecular weight is 210 g/mol. The largest absolute Gasteiger partial charge is 0.320 e. The van der Waals surface area contributed by atoms with Gasteiger partial charge in [-0.1, -0.05) is 0 Å². The molecule has 5 heteroatoms. The maximum Gasteiger partial charge on any atom is 0.269 e. The molecule has 0 spiro atoms. The van der Waals surface area contributed by atoms with Gasteiger partial charge in [-0.3, -0.25) is 9.78 Å². The molecule has 0 atom stereocenters. The lowest BCUT2D eigenvalue weighted by Crippen LogP contribution is -2.15. The van der Waals surface area contributed by atoms with Crippen LogP contribution in [-0.4, -0.2) is 9.97 Å². The summed E-state index contributed by atoms with van der Waals surface area (Å²) < 4.78 is 25.1. The van der Waals surface area contributed by atoms with E-state index in [4.69, 9.17) is 0 Å². The van der Waals surface area contributed by atoms with Crippen LogP contribution in [0.3, 0.4) is 0 Å². The summed E-state index contributed by atoms with van der Waals surface area (Å²) in [5.41, 5.74) is -0.120. The van der Waals surface area contributed by atoms with E-state index in [9.17, 15) is 13.6 Å². The van der Waals surface area contributed by atoms with Gasteiger partial charge in [0.15, 0.2) is 0 Å². The first-order valence-electron chi connectivity index (χ1n) is 4.37. The Bertz CT molecular complexity index is 563. The van der Waals surface area contributed by atoms with E-state index in [1.165, 1.54) is 13.1 Å². The lowest BCUT2D eigenvalue weighted by Gasteiger charge is -2.06. The molecule has 2 aromatic rings. The van der Waals surface area contributed by atoms with Gasteiger partial charge in [0.2, 0.25) is 0 Å². The number of pyridine rings is 2. The monoisotopic (exact) mass is 210 g/mol. The normalized spacial score (nSPS) is 11.2. The van der Waals surface area contributed by atoms with Crippen LogP contribution in [0.25, 0.3) is 11.0 Å². The Labute approximate surface area is 83.8 Å². The minimum atomic E-state index is -2.78. The van der Waals surface area contributed by atoms with E-state index in [1.54, 1.807) is 12.1 Å². The molecule has 0 saturated heterocycles. The Kier molecular flexibility index (Phi) is 2.22. The van der Waals surface area contributed by atoms with Gasteiger partial charge in [0.05, 0.1) is 16.6 Å². The highest BCUT2D eigenvalue weighted by Gasteiger charge is 2.17. The summed E-state index contributed by atoms with van der Waals surface area (Å²) in [6.07, 6.45) is -1.27. The molecule has 0 aliphatic rings. The number of hydrogen-bond donors (Lipinski definition) is 1. The van der Waals surface area contributed by atoms with Crippen molar-refractivity contribution in [2.24, 2.45) is 0 Å². The molecule has 1 N–H and O–H groups in total. The number of H-pyrrole nitrogens is 1. The SMILES string of the molecule is Cc1c(C(F)F)c(=O)[nH]c2cccnc12. The Morgan fingerprint density at radius 2 is 2.20 bits per heavy atom. The molecule has 3 nitrogen and oxygen atoms in total. The first kappa shape index (κ1) is 9.76. The Balaban J connectivity index is 2.90. The number of aromatic amines is 1. The van der Waals surface area contributed by atoms with E-state index in [0.29, 0.717) is 11.0 Å². The van der Waals surface area contributed by atoms with Crippen molar-refractivity contribution in [3.63, 3.8) is 0 Å². The Hall–Kier alpha value is -1.78. The first-order valence-corrected chi connectivity index (χ1v) is 4.37. The second-order valence-corrected chi connectivity index (χ2v) is 3.19. The first-order chi connectivity index (χ1) is 7.11. The van der Waals surface area contributed by atoms with E-state index in [0.717, 1.165) is 0 Å². The smallest absolute Gasteiger partial charge is 0.269 e. The van der Waals surface area contributed by atoms with Gasteiger partial charge in [-0.2, -0.15) is 0 Å². The standard InChI is InChI=1S/C10H8F2N2O/c1-5-7(9(11)12)10(15)14-6-3-2-4-13-8(5)6/h2-4,9H,1H3,(H,14,15). The molecule has 0 saturated carbocycles. The second kappa shape index (κ2) is 3.42. The molecule has 0 amide bonds. The molecular weight excluding hydrogens is 202 g/mol. The fraction of sp³-hybridized carbons (Fsp3) is 0.200. The molecular formula is C10H8F2N2O. The molecule has 0 aliphatic carbocycles. The van der Waals surface area contributed by atoms with Crippen molar-refractivity contribution in [3.05, 3.63) is 39.8 Å². The third-order valence-electron chi connectivity index (χ3n) is 2.28. The van der Waals surface area contributed by atoms with Crippen LogP contribution in [0.2, 0.25) is 0 Å². The van der Waals surface area contributed by atoms with Crippen molar-refractivity contribution in [1.29, 1.82) is 0 Å². The zero-order valence-electron chi connectivity index (χ0n) is 7.92. The highest BCUT2D eigenvalue weighted by Crippen LogP contribution is 2.22. The van der Waals surface area contributed by atoms with Gasteiger partial charge < -0.3 is 4.98 Å². The van der Waals surface area contributed by atoms with Gasteiger partial charge in [-0.15, -0.1) is 0 Å². The molecule has 0 unspecified atom stereocenters. The number of rotatable bonds is 1. The summed E-state index contributed by atoms with van der Waals surface area (Å²) in [5.74, 6) is 0. The molecule has 0 aliphatic heterocycles. The van der Waals surface area contributed by atoms with Gasteiger partial charge in [0.1, 0.15) is 0 Å². The highest BCUT2D eigenvalue weighted by molar-refractivity contribution is 5.78. The van der Waals surface area contributed by atoms with Crippen LogP contribution in [0.15, 0.2) is 23.1 Å². The molecule has 78 valence electrons. The minimum Gasteiger partial charge on any atom is -0.320 e. The van der Waals surface area contributed by atoms with Crippen LogP contribution >= 0.6 is 0 Å². The maximum absolute atomic E-state index is 12.6. The number of hydrogen-bond acceptors (Lipinski definition) is 2. The molecule has 0 bridgehead atoms. The predicted octanol–water partition coefficient (Wildman–Crippen LogP) is 2.17. The number of aromatic nitrogens is 2. The average Bonchev–Trinajstić information content (AvgIpc) is 2.17. The van der Waals surface area contributed by atoms with Crippen molar-refractivity contribution < 1.29 is 8.78 Å². The molecule has 2 rings (SSSR count). The van der Waals surface area contributed by atoms with Crippen LogP contribution in [0, 0.1) is 6.92 Å². The summed E-state index contributed by atoms with van der Waals surface area (Å²) in [6, 6.07) is 3.27. The number of nitrogens with zero attached hydrogens (tertiary/aromatic N) is 1. The Morgan fingerprint density at radius 1 is 1.47 bits per heavy atom. The molecule has 2 heterocycles. The summed E-state index contributed by atoms with van der Waals surface area (Å²) in [5, 5.41) is 0. The van der Waals surface area contributed by atoms with Crippen LogP contribution in [0.4, 0.5) is 8.78 Å². The number of alkyl halides is 2. The van der Waals surface area contributed by atoms with Gasteiger partial charge in [-0.25, -0.2) is 8.78 Å². The summed E-state index contributed by atoms with van der Waals surface area (Å²) in [7, 11) is 0. The topological polar surface area (TPSA) is 45.8 Å². The quantitative estimate of drug-likeness (QED) is 0.783. The number of nitrogens with one attached hydrogen (secondary N) is 1. The lowest BCUT2D eigenvalue weighted by atomic mass is 10.1. The summed E-state index contributed by atoms with van der Waals surface area (Å²) in [4.78, 5) is 17.7. The molecule has 15 heavy (non-hydrogen) atoms. The van der Waals surface area contributed by atoms with Gasteiger partial charge >= 0.3 is 0 Å². The van der Waals surface area contributed by atoms with Crippen LogP contribution in [-0.2, 0) is 0 Å². The van der Waals surface area contributed by atoms with E-state index in [2.05, 4.69) is 9.97 Å². The fourth-order valence-corrected chi connectivity index (χ4v) is 1.56. The van der Waals surface area contributed by atoms with E-state index in [-0.39, 0.29) is 5.56 Å². The third-order valence-corrected chi connectivity index (χ3v) is 2.28. The second-order valence-electron chi connectivity index (χ2n) is 3.19. The van der Waals surface area contributed by atoms with Gasteiger partial charge in [0.25, 0.3) is 12.0 Å². The van der Waals surface area contributed by atoms with Crippen molar-refractivity contribution in [3.8, 4) is 0 Å². The van der Waals surface area contributed by atoms with E-state index in [1.807, 2.05) is 0 Å². The van der Waals surface area contributed by atoms with Crippen molar-refractivity contribution in [2.45, 2.75) is 13.3 Å². The third kappa shape index (κ3) is 1.49. The summed E-state index contributed by atoms with van der Waals surface area (Å²) in [6.45, 7) is 1.48.